The molecule has 3 amide bonds. The topological polar surface area (TPSA) is 91.8 Å². The van der Waals surface area contributed by atoms with E-state index < -0.39 is 0 Å². The Morgan fingerprint density at radius 3 is 2.25 bits per heavy atom. The van der Waals surface area contributed by atoms with E-state index in [9.17, 15) is 14.4 Å². The van der Waals surface area contributed by atoms with Crippen LogP contribution in [0.15, 0.2) is 42.6 Å². The zero-order valence-electron chi connectivity index (χ0n) is 15.3. The number of rotatable bonds is 4. The fourth-order valence-electron chi connectivity index (χ4n) is 3.27. The van der Waals surface area contributed by atoms with Crippen molar-refractivity contribution in [3.05, 3.63) is 48.2 Å². The van der Waals surface area contributed by atoms with Crippen LogP contribution in [0.2, 0.25) is 0 Å². The second-order valence-electron chi connectivity index (χ2n) is 6.63. The third-order valence-corrected chi connectivity index (χ3v) is 4.78. The predicted octanol–water partition coefficient (Wildman–Crippen LogP) is 1.82. The van der Waals surface area contributed by atoms with Crippen molar-refractivity contribution in [2.45, 2.75) is 12.8 Å². The third-order valence-electron chi connectivity index (χ3n) is 4.78. The summed E-state index contributed by atoms with van der Waals surface area (Å²) < 4.78 is 5.33. The number of nitrogens with one attached hydrogen (secondary N) is 1. The first-order valence-corrected chi connectivity index (χ1v) is 9.18. The molecule has 2 aromatic rings. The lowest BCUT2D eigenvalue weighted by atomic mass is 10.2. The highest BCUT2D eigenvalue weighted by Gasteiger charge is 2.30. The SMILES string of the molecule is O=C(Nc1ccc(N2CCOCC2)nc1)c1ccc(N2C(=O)CCC2=O)cc1. The lowest BCUT2D eigenvalue weighted by molar-refractivity contribution is -0.121. The van der Waals surface area contributed by atoms with E-state index in [-0.39, 0.29) is 30.6 Å². The number of pyridine rings is 1. The maximum absolute atomic E-state index is 12.4. The molecule has 2 saturated heterocycles. The Balaban J connectivity index is 1.40. The van der Waals surface area contributed by atoms with Crippen molar-refractivity contribution in [3.63, 3.8) is 0 Å². The minimum Gasteiger partial charge on any atom is -0.378 e. The fraction of sp³-hybridized carbons (Fsp3) is 0.300. The lowest BCUT2D eigenvalue weighted by Gasteiger charge is -2.27. The summed E-state index contributed by atoms with van der Waals surface area (Å²) in [6, 6.07) is 10.1. The van der Waals surface area contributed by atoms with Gasteiger partial charge in [0.25, 0.3) is 5.91 Å². The third kappa shape index (κ3) is 3.72. The number of imide groups is 1. The Morgan fingerprint density at radius 1 is 0.964 bits per heavy atom. The molecule has 1 aromatic carbocycles. The van der Waals surface area contributed by atoms with E-state index in [1.807, 2.05) is 12.1 Å². The normalized spacial score (nSPS) is 17.1. The highest BCUT2D eigenvalue weighted by molar-refractivity contribution is 6.20. The molecule has 144 valence electrons. The molecule has 8 heteroatoms. The van der Waals surface area contributed by atoms with Gasteiger partial charge in [-0.15, -0.1) is 0 Å². The van der Waals surface area contributed by atoms with Gasteiger partial charge in [0.15, 0.2) is 0 Å². The summed E-state index contributed by atoms with van der Waals surface area (Å²) in [6.07, 6.45) is 2.08. The number of ether oxygens (including phenoxy) is 1. The first-order chi connectivity index (χ1) is 13.6. The van der Waals surface area contributed by atoms with Crippen molar-refractivity contribution in [2.75, 3.05) is 41.4 Å². The van der Waals surface area contributed by atoms with Crippen molar-refractivity contribution in [2.24, 2.45) is 0 Å². The minimum atomic E-state index is -0.286. The Morgan fingerprint density at radius 2 is 1.64 bits per heavy atom. The van der Waals surface area contributed by atoms with E-state index in [0.29, 0.717) is 30.2 Å². The largest absolute Gasteiger partial charge is 0.378 e. The molecule has 2 fully saturated rings. The molecular formula is C20H20N4O4. The van der Waals surface area contributed by atoms with Gasteiger partial charge in [0.1, 0.15) is 5.82 Å². The second-order valence-corrected chi connectivity index (χ2v) is 6.63. The minimum absolute atomic E-state index is 0.214. The van der Waals surface area contributed by atoms with E-state index in [1.165, 1.54) is 0 Å². The Hall–Kier alpha value is -3.26. The van der Waals surface area contributed by atoms with Crippen LogP contribution in [-0.4, -0.2) is 49.0 Å². The summed E-state index contributed by atoms with van der Waals surface area (Å²) in [5.41, 5.74) is 1.51. The summed E-state index contributed by atoms with van der Waals surface area (Å²) in [4.78, 5) is 43.7. The number of hydrogen-bond acceptors (Lipinski definition) is 6. The number of carbonyl (C=O) groups excluding carboxylic acids is 3. The smallest absolute Gasteiger partial charge is 0.255 e. The van der Waals surface area contributed by atoms with Gasteiger partial charge in [-0.25, -0.2) is 4.98 Å². The van der Waals surface area contributed by atoms with Gasteiger partial charge >= 0.3 is 0 Å². The number of benzene rings is 1. The maximum atomic E-state index is 12.4. The molecule has 0 radical (unpaired) electrons. The number of nitrogens with zero attached hydrogens (tertiary/aromatic N) is 3. The van der Waals surface area contributed by atoms with Crippen LogP contribution in [0.5, 0.6) is 0 Å². The summed E-state index contributed by atoms with van der Waals surface area (Å²) in [6.45, 7) is 2.97. The lowest BCUT2D eigenvalue weighted by Crippen LogP contribution is -2.36. The molecule has 2 aliphatic heterocycles. The van der Waals surface area contributed by atoms with E-state index in [4.69, 9.17) is 4.74 Å². The van der Waals surface area contributed by atoms with Crippen LogP contribution < -0.4 is 15.1 Å². The average Bonchev–Trinajstić information content (AvgIpc) is 3.07. The molecule has 1 aromatic heterocycles. The van der Waals surface area contributed by atoms with Crippen LogP contribution in [-0.2, 0) is 14.3 Å². The molecule has 3 heterocycles. The summed E-state index contributed by atoms with van der Waals surface area (Å²) >= 11 is 0. The number of amides is 3. The standard InChI is InChI=1S/C20H20N4O4/c25-18-7-8-19(26)24(18)16-4-1-14(2-5-16)20(27)22-15-3-6-17(21-13-15)23-9-11-28-12-10-23/h1-6,13H,7-12H2,(H,22,27). The number of morpholine rings is 1. The quantitative estimate of drug-likeness (QED) is 0.814. The summed E-state index contributed by atoms with van der Waals surface area (Å²) in [5, 5.41) is 2.80. The van der Waals surface area contributed by atoms with Crippen molar-refractivity contribution in [1.29, 1.82) is 0 Å². The van der Waals surface area contributed by atoms with Crippen LogP contribution >= 0.6 is 0 Å². The van der Waals surface area contributed by atoms with Crippen LogP contribution in [0.4, 0.5) is 17.2 Å². The van der Waals surface area contributed by atoms with Crippen molar-refractivity contribution in [3.8, 4) is 0 Å². The fourth-order valence-corrected chi connectivity index (χ4v) is 3.27. The van der Waals surface area contributed by atoms with E-state index in [0.717, 1.165) is 23.8 Å². The highest BCUT2D eigenvalue weighted by Crippen LogP contribution is 2.23. The molecule has 0 aliphatic carbocycles. The number of carbonyl (C=O) groups is 3. The zero-order chi connectivity index (χ0) is 19.5. The highest BCUT2D eigenvalue weighted by atomic mass is 16.5. The van der Waals surface area contributed by atoms with Gasteiger partial charge < -0.3 is 15.0 Å². The Labute approximate surface area is 162 Å². The molecule has 28 heavy (non-hydrogen) atoms. The Bertz CT molecular complexity index is 873. The first-order valence-electron chi connectivity index (χ1n) is 9.18. The number of hydrogen-bond donors (Lipinski definition) is 1. The van der Waals surface area contributed by atoms with Crippen LogP contribution in [0.25, 0.3) is 0 Å². The van der Waals surface area contributed by atoms with Gasteiger partial charge in [-0.05, 0) is 36.4 Å². The van der Waals surface area contributed by atoms with Crippen molar-refractivity contribution < 1.29 is 19.1 Å². The van der Waals surface area contributed by atoms with Crippen LogP contribution in [0.3, 0.4) is 0 Å². The van der Waals surface area contributed by atoms with Crippen molar-refractivity contribution in [1.82, 2.24) is 4.98 Å². The van der Waals surface area contributed by atoms with Gasteiger partial charge in [-0.3, -0.25) is 19.3 Å². The zero-order valence-corrected chi connectivity index (χ0v) is 15.3. The van der Waals surface area contributed by atoms with E-state index in [1.54, 1.807) is 30.5 Å². The number of aromatic nitrogens is 1. The molecular weight excluding hydrogens is 360 g/mol. The molecule has 0 saturated carbocycles. The second kappa shape index (κ2) is 7.77. The molecule has 0 atom stereocenters. The monoisotopic (exact) mass is 380 g/mol. The molecule has 4 rings (SSSR count). The molecule has 8 nitrogen and oxygen atoms in total. The van der Waals surface area contributed by atoms with Crippen LogP contribution in [0, 0.1) is 0 Å². The predicted molar refractivity (Wildman–Crippen MR) is 103 cm³/mol. The van der Waals surface area contributed by atoms with Crippen molar-refractivity contribution >= 4 is 34.9 Å². The van der Waals surface area contributed by atoms with Gasteiger partial charge in [-0.2, -0.15) is 0 Å². The number of anilines is 3. The first kappa shape index (κ1) is 18.1. The van der Waals surface area contributed by atoms with Gasteiger partial charge in [0.2, 0.25) is 11.8 Å². The molecule has 0 bridgehead atoms. The summed E-state index contributed by atoms with van der Waals surface area (Å²) in [7, 11) is 0. The van der Waals surface area contributed by atoms with E-state index >= 15 is 0 Å². The molecule has 2 aliphatic rings. The Kier molecular flexibility index (Phi) is 5.03. The van der Waals surface area contributed by atoms with E-state index in [2.05, 4.69) is 15.2 Å². The van der Waals surface area contributed by atoms with Gasteiger partial charge in [0.05, 0.1) is 30.8 Å². The molecule has 0 unspecified atom stereocenters. The molecule has 0 spiro atoms. The maximum Gasteiger partial charge on any atom is 0.255 e. The average molecular weight is 380 g/mol. The van der Waals surface area contributed by atoms with Crippen LogP contribution in [0.1, 0.15) is 23.2 Å². The molecule has 1 N–H and O–H groups in total. The van der Waals surface area contributed by atoms with Gasteiger partial charge in [0, 0.05) is 31.5 Å². The van der Waals surface area contributed by atoms with Gasteiger partial charge in [-0.1, -0.05) is 0 Å². The summed E-state index contributed by atoms with van der Waals surface area (Å²) in [5.74, 6) is 0.138.